The van der Waals surface area contributed by atoms with Gasteiger partial charge >= 0.3 is 6.09 Å². The fourth-order valence-corrected chi connectivity index (χ4v) is 2.89. The molecule has 146 valence electrons. The summed E-state index contributed by atoms with van der Waals surface area (Å²) in [5.74, 6) is -0.479. The van der Waals surface area contributed by atoms with E-state index in [-0.39, 0.29) is 17.3 Å². The minimum absolute atomic E-state index is 0.250. The molecule has 1 aromatic carbocycles. The van der Waals surface area contributed by atoms with Gasteiger partial charge in [-0.1, -0.05) is 11.6 Å². The van der Waals surface area contributed by atoms with Crippen molar-refractivity contribution in [1.82, 2.24) is 14.9 Å². The zero-order valence-electron chi connectivity index (χ0n) is 15.7. The molecule has 0 atom stereocenters. The second-order valence-electron chi connectivity index (χ2n) is 7.17. The quantitative estimate of drug-likeness (QED) is 0.489. The fraction of sp³-hybridized carbons (Fsp3) is 0.250. The van der Waals surface area contributed by atoms with E-state index in [1.807, 2.05) is 22.9 Å². The smallest absolute Gasteiger partial charge is 0.412 e. The number of rotatable bonds is 4. The molecule has 2 heterocycles. The summed E-state index contributed by atoms with van der Waals surface area (Å²) in [6.07, 6.45) is 5.80. The summed E-state index contributed by atoms with van der Waals surface area (Å²) in [5, 5.41) is 3.59. The molecule has 0 spiro atoms. The highest BCUT2D eigenvalue weighted by Crippen LogP contribution is 2.28. The maximum absolute atomic E-state index is 14.6. The van der Waals surface area contributed by atoms with Gasteiger partial charge in [-0.25, -0.2) is 14.2 Å². The molecule has 0 saturated carbocycles. The summed E-state index contributed by atoms with van der Waals surface area (Å²) < 4.78 is 21.6. The van der Waals surface area contributed by atoms with Gasteiger partial charge in [0.2, 0.25) is 0 Å². The normalized spacial score (nSPS) is 11.9. The number of ether oxygens (including phenoxy) is 1. The molecule has 0 fully saturated rings. The van der Waals surface area contributed by atoms with Crippen molar-refractivity contribution in [3.8, 4) is 0 Å². The number of carbonyl (C=O) groups excluding carboxylic acids is 1. The van der Waals surface area contributed by atoms with Crippen LogP contribution in [0.25, 0.3) is 10.9 Å². The first-order valence-corrected chi connectivity index (χ1v) is 8.99. The highest BCUT2D eigenvalue weighted by Gasteiger charge is 2.15. The van der Waals surface area contributed by atoms with Gasteiger partial charge in [-0.15, -0.1) is 0 Å². The minimum atomic E-state index is -0.645. The van der Waals surface area contributed by atoms with Crippen molar-refractivity contribution in [2.75, 3.05) is 0 Å². The van der Waals surface area contributed by atoms with E-state index in [9.17, 15) is 9.18 Å². The van der Waals surface area contributed by atoms with Crippen molar-refractivity contribution >= 4 is 40.6 Å². The Morgan fingerprint density at radius 2 is 2.18 bits per heavy atom. The van der Waals surface area contributed by atoms with E-state index in [1.54, 1.807) is 39.2 Å². The number of halogens is 2. The largest absolute Gasteiger partial charge is 0.444 e. The van der Waals surface area contributed by atoms with E-state index in [0.29, 0.717) is 5.56 Å². The Hall–Kier alpha value is -2.93. The summed E-state index contributed by atoms with van der Waals surface area (Å²) in [5.41, 5.74) is 0.960. The molecule has 0 aliphatic rings. The molecule has 3 aromatic rings. The molecule has 0 bridgehead atoms. The number of aliphatic imine (C=N–C) groups is 1. The van der Waals surface area contributed by atoms with Crippen molar-refractivity contribution in [2.24, 2.45) is 4.99 Å². The van der Waals surface area contributed by atoms with Crippen LogP contribution in [0, 0.1) is 5.82 Å². The van der Waals surface area contributed by atoms with E-state index in [1.165, 1.54) is 6.07 Å². The molecule has 2 aromatic heterocycles. The molecular weight excluding hydrogens is 383 g/mol. The van der Waals surface area contributed by atoms with Crippen LogP contribution in [0.2, 0.25) is 5.02 Å². The van der Waals surface area contributed by atoms with Crippen LogP contribution in [0.1, 0.15) is 26.3 Å². The summed E-state index contributed by atoms with van der Waals surface area (Å²) in [4.78, 5) is 19.7. The van der Waals surface area contributed by atoms with Gasteiger partial charge in [0.15, 0.2) is 0 Å². The first kappa shape index (κ1) is 19.8. The predicted molar refractivity (Wildman–Crippen MR) is 108 cm³/mol. The first-order chi connectivity index (χ1) is 13.2. The van der Waals surface area contributed by atoms with E-state index in [2.05, 4.69) is 15.3 Å². The van der Waals surface area contributed by atoms with Crippen LogP contribution in [-0.2, 0) is 11.3 Å². The molecule has 0 aliphatic carbocycles. The molecule has 0 aliphatic heterocycles. The van der Waals surface area contributed by atoms with Gasteiger partial charge in [-0.3, -0.25) is 10.3 Å². The SMILES string of the molecule is CC(C)(C)OC(=O)NC=Nc1cc(F)c(Cn2ccc3cnccc32)c(Cl)c1. The molecule has 1 amide bonds. The van der Waals surface area contributed by atoms with Crippen LogP contribution < -0.4 is 5.32 Å². The molecule has 8 heteroatoms. The number of aromatic nitrogens is 2. The van der Waals surface area contributed by atoms with Crippen molar-refractivity contribution in [3.63, 3.8) is 0 Å². The van der Waals surface area contributed by atoms with Crippen molar-refractivity contribution in [3.05, 3.63) is 59.3 Å². The lowest BCUT2D eigenvalue weighted by Crippen LogP contribution is -2.31. The Bertz CT molecular complexity index is 1020. The topological polar surface area (TPSA) is 68.5 Å². The summed E-state index contributed by atoms with van der Waals surface area (Å²) >= 11 is 6.28. The Labute approximate surface area is 167 Å². The number of benzene rings is 1. The van der Waals surface area contributed by atoms with Crippen molar-refractivity contribution < 1.29 is 13.9 Å². The van der Waals surface area contributed by atoms with E-state index in [0.717, 1.165) is 17.2 Å². The third-order valence-electron chi connectivity index (χ3n) is 3.82. The van der Waals surface area contributed by atoms with Crippen molar-refractivity contribution in [1.29, 1.82) is 0 Å². The lowest BCUT2D eigenvalue weighted by molar-refractivity contribution is 0.0565. The summed E-state index contributed by atoms with van der Waals surface area (Å²) in [6, 6.07) is 6.58. The van der Waals surface area contributed by atoms with Gasteiger partial charge < -0.3 is 9.30 Å². The molecule has 6 nitrogen and oxygen atoms in total. The highest BCUT2D eigenvalue weighted by atomic mass is 35.5. The zero-order chi connectivity index (χ0) is 20.3. The number of nitrogens with zero attached hydrogens (tertiary/aromatic N) is 3. The maximum atomic E-state index is 14.6. The van der Waals surface area contributed by atoms with E-state index >= 15 is 0 Å². The van der Waals surface area contributed by atoms with Crippen molar-refractivity contribution in [2.45, 2.75) is 32.9 Å². The third-order valence-corrected chi connectivity index (χ3v) is 4.16. The van der Waals surface area contributed by atoms with Gasteiger partial charge in [0.05, 0.1) is 29.1 Å². The molecule has 0 unspecified atom stereocenters. The van der Waals surface area contributed by atoms with Gasteiger partial charge in [-0.05, 0) is 45.0 Å². The van der Waals surface area contributed by atoms with Crippen LogP contribution in [-0.4, -0.2) is 27.6 Å². The summed E-state index contributed by atoms with van der Waals surface area (Å²) in [6.45, 7) is 5.53. The van der Waals surface area contributed by atoms with E-state index in [4.69, 9.17) is 16.3 Å². The van der Waals surface area contributed by atoms with Gasteiger partial charge in [0.1, 0.15) is 11.4 Å². The molecule has 3 rings (SSSR count). The van der Waals surface area contributed by atoms with Crippen LogP contribution in [0.15, 0.2) is 47.8 Å². The Morgan fingerprint density at radius 3 is 2.89 bits per heavy atom. The predicted octanol–water partition coefficient (Wildman–Crippen LogP) is 5.06. The summed E-state index contributed by atoms with van der Waals surface area (Å²) in [7, 11) is 0. The Kier molecular flexibility index (Phi) is 5.65. The molecule has 0 saturated heterocycles. The molecule has 1 N–H and O–H groups in total. The van der Waals surface area contributed by atoms with E-state index < -0.39 is 17.5 Å². The minimum Gasteiger partial charge on any atom is -0.444 e. The first-order valence-electron chi connectivity index (χ1n) is 8.62. The number of fused-ring (bicyclic) bond motifs is 1. The third kappa shape index (κ3) is 4.86. The number of pyridine rings is 1. The van der Waals surface area contributed by atoms with Crippen LogP contribution in [0.5, 0.6) is 0 Å². The standard InChI is InChI=1S/C20H20ClFN4O2/c1-20(2,3)28-19(27)25-12-24-14-8-16(21)15(17(22)9-14)11-26-7-5-13-10-23-6-4-18(13)26/h4-10,12H,11H2,1-3H3,(H,24,25,27). The average molecular weight is 403 g/mol. The second kappa shape index (κ2) is 7.98. The molecule has 28 heavy (non-hydrogen) atoms. The maximum Gasteiger partial charge on any atom is 0.412 e. The Morgan fingerprint density at radius 1 is 1.39 bits per heavy atom. The van der Waals surface area contributed by atoms with Crippen LogP contribution in [0.4, 0.5) is 14.9 Å². The van der Waals surface area contributed by atoms with Crippen LogP contribution in [0.3, 0.4) is 0 Å². The number of alkyl carbamates (subject to hydrolysis) is 1. The van der Waals surface area contributed by atoms with Gasteiger partial charge in [-0.2, -0.15) is 0 Å². The zero-order valence-corrected chi connectivity index (χ0v) is 16.5. The number of amides is 1. The van der Waals surface area contributed by atoms with Gasteiger partial charge in [0, 0.05) is 29.5 Å². The van der Waals surface area contributed by atoms with Crippen LogP contribution >= 0.6 is 11.6 Å². The lowest BCUT2D eigenvalue weighted by Gasteiger charge is -2.18. The second-order valence-corrected chi connectivity index (χ2v) is 7.58. The number of carbonyl (C=O) groups is 1. The molecular formula is C20H20ClFN4O2. The molecule has 0 radical (unpaired) electrons. The fourth-order valence-electron chi connectivity index (χ4n) is 2.63. The van der Waals surface area contributed by atoms with Gasteiger partial charge in [0.25, 0.3) is 0 Å². The number of hydrogen-bond acceptors (Lipinski definition) is 4. The Balaban J connectivity index is 1.74. The number of hydrogen-bond donors (Lipinski definition) is 1. The average Bonchev–Trinajstić information content (AvgIpc) is 2.99. The monoisotopic (exact) mass is 402 g/mol. The highest BCUT2D eigenvalue weighted by molar-refractivity contribution is 6.31. The number of nitrogens with one attached hydrogen (secondary N) is 1. The lowest BCUT2D eigenvalue weighted by atomic mass is 10.2.